The average Bonchev–Trinajstić information content (AvgIpc) is 3.18. The van der Waals surface area contributed by atoms with E-state index in [9.17, 15) is 5.26 Å². The number of nitrogens with zero attached hydrogens (tertiary/aromatic N) is 2. The van der Waals surface area contributed by atoms with E-state index in [0.717, 1.165) is 27.0 Å². The summed E-state index contributed by atoms with van der Waals surface area (Å²) in [6.07, 6.45) is 1.81. The molecule has 3 rings (SSSR count). The molecule has 1 aromatic heterocycles. The van der Waals surface area contributed by atoms with Crippen LogP contribution in [0.3, 0.4) is 0 Å². The summed E-state index contributed by atoms with van der Waals surface area (Å²) >= 11 is 4.89. The molecule has 4 nitrogen and oxygen atoms in total. The lowest BCUT2D eigenvalue weighted by molar-refractivity contribution is 0.322. The van der Waals surface area contributed by atoms with E-state index in [2.05, 4.69) is 27.0 Å². The van der Waals surface area contributed by atoms with Crippen molar-refractivity contribution in [3.63, 3.8) is 0 Å². The maximum absolute atomic E-state index is 9.69. The third-order valence-corrected chi connectivity index (χ3v) is 5.29. The van der Waals surface area contributed by atoms with Gasteiger partial charge in [0.25, 0.3) is 0 Å². The SMILES string of the molecule is CCOc1ccc(/C=C(\C#N)c2nc(-c3ccc(Br)cc3)cs2)c(OCC)c1. The van der Waals surface area contributed by atoms with E-state index in [4.69, 9.17) is 9.47 Å². The van der Waals surface area contributed by atoms with Gasteiger partial charge in [0.1, 0.15) is 22.6 Å². The van der Waals surface area contributed by atoms with Gasteiger partial charge in [-0.2, -0.15) is 5.26 Å². The van der Waals surface area contributed by atoms with Crippen molar-refractivity contribution in [1.82, 2.24) is 4.98 Å². The van der Waals surface area contributed by atoms with E-state index >= 15 is 0 Å². The molecule has 0 N–H and O–H groups in total. The molecular formula is C22H19BrN2O2S. The molecule has 0 aliphatic carbocycles. The van der Waals surface area contributed by atoms with E-state index in [1.165, 1.54) is 11.3 Å². The number of ether oxygens (including phenoxy) is 2. The van der Waals surface area contributed by atoms with Gasteiger partial charge in [-0.3, -0.25) is 0 Å². The molecule has 142 valence electrons. The molecule has 0 spiro atoms. The van der Waals surface area contributed by atoms with Gasteiger partial charge >= 0.3 is 0 Å². The van der Waals surface area contributed by atoms with Crippen LogP contribution in [0.1, 0.15) is 24.4 Å². The normalized spacial score (nSPS) is 11.1. The van der Waals surface area contributed by atoms with Crippen molar-refractivity contribution in [2.75, 3.05) is 13.2 Å². The second-order valence-electron chi connectivity index (χ2n) is 5.78. The molecule has 6 heteroatoms. The quantitative estimate of drug-likeness (QED) is 0.385. The van der Waals surface area contributed by atoms with Gasteiger partial charge in [-0.15, -0.1) is 11.3 Å². The van der Waals surface area contributed by atoms with Gasteiger partial charge < -0.3 is 9.47 Å². The Morgan fingerprint density at radius 1 is 1.14 bits per heavy atom. The minimum absolute atomic E-state index is 0.499. The van der Waals surface area contributed by atoms with Gasteiger partial charge in [0.2, 0.25) is 0 Å². The number of rotatable bonds is 7. The molecule has 28 heavy (non-hydrogen) atoms. The Kier molecular flexibility index (Phi) is 6.85. The maximum Gasteiger partial charge on any atom is 0.134 e. The number of hydrogen-bond acceptors (Lipinski definition) is 5. The van der Waals surface area contributed by atoms with Crippen molar-refractivity contribution in [2.45, 2.75) is 13.8 Å². The fraction of sp³-hybridized carbons (Fsp3) is 0.182. The Morgan fingerprint density at radius 3 is 2.57 bits per heavy atom. The number of halogens is 1. The summed E-state index contributed by atoms with van der Waals surface area (Å²) in [7, 11) is 0. The molecule has 0 saturated heterocycles. The number of hydrogen-bond donors (Lipinski definition) is 0. The summed E-state index contributed by atoms with van der Waals surface area (Å²) < 4.78 is 12.3. The molecule has 0 saturated carbocycles. The fourth-order valence-corrected chi connectivity index (χ4v) is 3.68. The lowest BCUT2D eigenvalue weighted by Crippen LogP contribution is -1.97. The average molecular weight is 455 g/mol. The monoisotopic (exact) mass is 454 g/mol. The van der Waals surface area contributed by atoms with Crippen molar-refractivity contribution in [3.8, 4) is 28.8 Å². The topological polar surface area (TPSA) is 55.1 Å². The number of aromatic nitrogens is 1. The first kappa shape index (κ1) is 20.1. The van der Waals surface area contributed by atoms with Gasteiger partial charge in [0, 0.05) is 27.0 Å². The smallest absolute Gasteiger partial charge is 0.134 e. The van der Waals surface area contributed by atoms with Gasteiger partial charge in [-0.05, 0) is 44.2 Å². The van der Waals surface area contributed by atoms with Crippen molar-refractivity contribution in [3.05, 3.63) is 62.9 Å². The molecule has 0 unspecified atom stereocenters. The molecule has 0 atom stereocenters. The third-order valence-electron chi connectivity index (χ3n) is 3.89. The molecule has 2 aromatic carbocycles. The Labute approximate surface area is 177 Å². The molecule has 0 radical (unpaired) electrons. The van der Waals surface area contributed by atoms with Crippen molar-refractivity contribution in [2.24, 2.45) is 0 Å². The Hall–Kier alpha value is -2.62. The fourth-order valence-electron chi connectivity index (χ4n) is 2.62. The number of benzene rings is 2. The minimum Gasteiger partial charge on any atom is -0.494 e. The summed E-state index contributed by atoms with van der Waals surface area (Å²) in [6.45, 7) is 4.98. The maximum atomic E-state index is 9.69. The molecule has 0 aliphatic heterocycles. The summed E-state index contributed by atoms with van der Waals surface area (Å²) in [5.41, 5.74) is 3.19. The predicted molar refractivity (Wildman–Crippen MR) is 118 cm³/mol. The van der Waals surface area contributed by atoms with Gasteiger partial charge in [-0.1, -0.05) is 28.1 Å². The standard InChI is InChI=1S/C22H19BrN2O2S/c1-3-26-19-10-7-16(21(12-19)27-4-2)11-17(13-24)22-25-20(14-28-22)15-5-8-18(23)9-6-15/h5-12,14H,3-4H2,1-2H3/b17-11+. The van der Waals surface area contributed by atoms with E-state index in [1.54, 1.807) is 0 Å². The van der Waals surface area contributed by atoms with Crippen molar-refractivity contribution < 1.29 is 9.47 Å². The predicted octanol–water partition coefficient (Wildman–Crippen LogP) is 6.43. The minimum atomic E-state index is 0.499. The molecular weight excluding hydrogens is 436 g/mol. The highest BCUT2D eigenvalue weighted by Crippen LogP contribution is 2.31. The van der Waals surface area contributed by atoms with Crippen LogP contribution in [-0.2, 0) is 0 Å². The molecule has 0 bridgehead atoms. The van der Waals surface area contributed by atoms with Crippen LogP contribution in [0.2, 0.25) is 0 Å². The zero-order chi connectivity index (χ0) is 19.9. The second kappa shape index (κ2) is 9.54. The van der Waals surface area contributed by atoms with Crippen LogP contribution in [0.15, 0.2) is 52.3 Å². The first-order valence-electron chi connectivity index (χ1n) is 8.87. The van der Waals surface area contributed by atoms with E-state index in [1.807, 2.05) is 67.8 Å². The van der Waals surface area contributed by atoms with E-state index < -0.39 is 0 Å². The first-order chi connectivity index (χ1) is 13.6. The molecule has 0 aliphatic rings. The van der Waals surface area contributed by atoms with Crippen molar-refractivity contribution >= 4 is 38.9 Å². The van der Waals surface area contributed by atoms with Crippen LogP contribution in [-0.4, -0.2) is 18.2 Å². The third kappa shape index (κ3) is 4.80. The second-order valence-corrected chi connectivity index (χ2v) is 7.55. The number of nitriles is 1. The largest absolute Gasteiger partial charge is 0.494 e. The molecule has 0 fully saturated rings. The lowest BCUT2D eigenvalue weighted by Gasteiger charge is -2.10. The van der Waals surface area contributed by atoms with Gasteiger partial charge in [-0.25, -0.2) is 4.98 Å². The van der Waals surface area contributed by atoms with Crippen LogP contribution in [0.25, 0.3) is 22.9 Å². The Bertz CT molecular complexity index is 1020. The van der Waals surface area contributed by atoms with Gasteiger partial charge in [0.15, 0.2) is 0 Å². The van der Waals surface area contributed by atoms with E-state index in [0.29, 0.717) is 29.5 Å². The number of allylic oxidation sites excluding steroid dienone is 1. The van der Waals surface area contributed by atoms with Crippen LogP contribution < -0.4 is 9.47 Å². The molecule has 0 amide bonds. The molecule has 1 heterocycles. The highest BCUT2D eigenvalue weighted by molar-refractivity contribution is 9.10. The Morgan fingerprint density at radius 2 is 1.89 bits per heavy atom. The van der Waals surface area contributed by atoms with Crippen LogP contribution in [0.5, 0.6) is 11.5 Å². The highest BCUT2D eigenvalue weighted by atomic mass is 79.9. The van der Waals surface area contributed by atoms with Crippen LogP contribution in [0.4, 0.5) is 0 Å². The van der Waals surface area contributed by atoms with E-state index in [-0.39, 0.29) is 0 Å². The Balaban J connectivity index is 1.94. The zero-order valence-electron chi connectivity index (χ0n) is 15.6. The lowest BCUT2D eigenvalue weighted by atomic mass is 10.1. The highest BCUT2D eigenvalue weighted by Gasteiger charge is 2.11. The van der Waals surface area contributed by atoms with Gasteiger partial charge in [0.05, 0.1) is 24.5 Å². The summed E-state index contributed by atoms with van der Waals surface area (Å²) in [5.74, 6) is 1.43. The summed E-state index contributed by atoms with van der Waals surface area (Å²) in [4.78, 5) is 4.65. The van der Waals surface area contributed by atoms with Crippen LogP contribution in [0, 0.1) is 11.3 Å². The summed E-state index contributed by atoms with van der Waals surface area (Å²) in [6, 6.07) is 15.8. The number of thiazole rings is 1. The first-order valence-corrected chi connectivity index (χ1v) is 10.5. The zero-order valence-corrected chi connectivity index (χ0v) is 18.0. The van der Waals surface area contributed by atoms with Crippen molar-refractivity contribution in [1.29, 1.82) is 5.26 Å². The summed E-state index contributed by atoms with van der Waals surface area (Å²) in [5, 5.41) is 12.3. The molecule has 3 aromatic rings. The van der Waals surface area contributed by atoms with Crippen LogP contribution >= 0.6 is 27.3 Å².